The Balaban J connectivity index is 2.31. The largest absolute Gasteiger partial charge is 0.434 e. The second kappa shape index (κ2) is 4.76. The highest BCUT2D eigenvalue weighted by Gasteiger charge is 2.17. The van der Waals surface area contributed by atoms with Crippen LogP contribution in [-0.4, -0.2) is 10.2 Å². The Morgan fingerprint density at radius 2 is 2.17 bits per heavy atom. The topological polar surface area (TPSA) is 58.9 Å². The zero-order valence-electron chi connectivity index (χ0n) is 10.6. The van der Waals surface area contributed by atoms with Crippen molar-refractivity contribution in [1.82, 2.24) is 10.2 Å². The second-order valence-electron chi connectivity index (χ2n) is 4.51. The van der Waals surface area contributed by atoms with Crippen molar-refractivity contribution in [3.05, 3.63) is 51.1 Å². The first-order valence-electron chi connectivity index (χ1n) is 5.79. The first kappa shape index (κ1) is 12.5. The van der Waals surface area contributed by atoms with E-state index in [1.807, 2.05) is 20.8 Å². The third-order valence-corrected chi connectivity index (χ3v) is 3.19. The summed E-state index contributed by atoms with van der Waals surface area (Å²) < 4.78 is 18.7. The van der Waals surface area contributed by atoms with E-state index >= 15 is 0 Å². The van der Waals surface area contributed by atoms with Gasteiger partial charge >= 0.3 is 5.76 Å². The molecule has 1 aromatic heterocycles. The van der Waals surface area contributed by atoms with Gasteiger partial charge in [-0.25, -0.2) is 14.3 Å². The molecule has 0 spiro atoms. The number of aromatic nitrogens is 2. The maximum absolute atomic E-state index is 13.9. The van der Waals surface area contributed by atoms with Crippen molar-refractivity contribution in [2.24, 2.45) is 0 Å². The van der Waals surface area contributed by atoms with Gasteiger partial charge in [0.1, 0.15) is 5.82 Å². The zero-order valence-corrected chi connectivity index (χ0v) is 10.6. The van der Waals surface area contributed by atoms with Crippen molar-refractivity contribution in [3.63, 3.8) is 0 Å². The molecule has 0 aliphatic carbocycles. The smallest absolute Gasteiger partial charge is 0.392 e. The van der Waals surface area contributed by atoms with E-state index in [1.54, 1.807) is 6.07 Å². The number of H-pyrrole nitrogens is 1. The number of nitrogens with one attached hydrogen (secondary N) is 1. The molecule has 1 heterocycles. The lowest BCUT2D eigenvalue weighted by atomic mass is 9.91. The van der Waals surface area contributed by atoms with E-state index in [9.17, 15) is 9.18 Å². The van der Waals surface area contributed by atoms with Gasteiger partial charge in [-0.1, -0.05) is 13.0 Å². The summed E-state index contributed by atoms with van der Waals surface area (Å²) in [6.45, 7) is 5.73. The molecule has 18 heavy (non-hydrogen) atoms. The van der Waals surface area contributed by atoms with Crippen LogP contribution in [0.25, 0.3) is 0 Å². The average Bonchev–Trinajstić information content (AvgIpc) is 2.70. The van der Waals surface area contributed by atoms with Crippen LogP contribution in [0.2, 0.25) is 0 Å². The highest BCUT2D eigenvalue weighted by molar-refractivity contribution is 5.36. The Morgan fingerprint density at radius 3 is 2.78 bits per heavy atom. The summed E-state index contributed by atoms with van der Waals surface area (Å²) in [4.78, 5) is 10.8. The minimum absolute atomic E-state index is 0.101. The van der Waals surface area contributed by atoms with Crippen LogP contribution in [0.3, 0.4) is 0 Å². The third-order valence-electron chi connectivity index (χ3n) is 3.19. The van der Waals surface area contributed by atoms with Crippen LogP contribution in [0.15, 0.2) is 21.3 Å². The van der Waals surface area contributed by atoms with Gasteiger partial charge in [-0.2, -0.15) is 0 Å². The lowest BCUT2D eigenvalue weighted by Gasteiger charge is -2.15. The van der Waals surface area contributed by atoms with E-state index < -0.39 is 5.76 Å². The number of hydrogen-bond donors (Lipinski definition) is 1. The van der Waals surface area contributed by atoms with E-state index in [2.05, 4.69) is 10.2 Å². The minimum Gasteiger partial charge on any atom is -0.392 e. The molecule has 1 aromatic carbocycles. The summed E-state index contributed by atoms with van der Waals surface area (Å²) in [7, 11) is 0. The monoisotopic (exact) mass is 250 g/mol. The number of aromatic amines is 1. The highest BCUT2D eigenvalue weighted by atomic mass is 19.1. The number of nitrogens with zero attached hydrogens (tertiary/aromatic N) is 1. The zero-order chi connectivity index (χ0) is 13.3. The molecule has 96 valence electrons. The molecule has 0 bridgehead atoms. The van der Waals surface area contributed by atoms with Crippen LogP contribution >= 0.6 is 0 Å². The summed E-state index contributed by atoms with van der Waals surface area (Å²) in [5.41, 5.74) is 2.63. The van der Waals surface area contributed by atoms with Crippen molar-refractivity contribution in [2.75, 3.05) is 0 Å². The van der Waals surface area contributed by atoms with Crippen molar-refractivity contribution < 1.29 is 8.81 Å². The molecular weight excluding hydrogens is 235 g/mol. The average molecular weight is 250 g/mol. The Bertz CT molecular complexity index is 616. The maximum Gasteiger partial charge on any atom is 0.434 e. The molecule has 5 heteroatoms. The van der Waals surface area contributed by atoms with Crippen LogP contribution in [0.1, 0.15) is 35.4 Å². The maximum atomic E-state index is 13.9. The Labute approximate surface area is 104 Å². The third kappa shape index (κ3) is 2.34. The van der Waals surface area contributed by atoms with Crippen molar-refractivity contribution in [1.29, 1.82) is 0 Å². The minimum atomic E-state index is -0.585. The molecule has 0 fully saturated rings. The molecule has 1 atom stereocenters. The molecule has 4 nitrogen and oxygen atoms in total. The molecule has 0 radical (unpaired) electrons. The number of hydrogen-bond acceptors (Lipinski definition) is 3. The van der Waals surface area contributed by atoms with Gasteiger partial charge in [-0.05, 0) is 42.5 Å². The van der Waals surface area contributed by atoms with E-state index in [-0.39, 0.29) is 11.7 Å². The molecule has 0 aliphatic rings. The standard InChI is InChI=1S/C13H15FN2O2/c1-7-4-5-10(14)12(9(7)3)8(2)6-11-15-16-13(17)18-11/h4-5,8H,6H2,1-3H3,(H,16,17). The molecule has 0 amide bonds. The van der Waals surface area contributed by atoms with Crippen LogP contribution < -0.4 is 5.76 Å². The first-order chi connectivity index (χ1) is 8.49. The van der Waals surface area contributed by atoms with Gasteiger partial charge in [0.05, 0.1) is 0 Å². The lowest BCUT2D eigenvalue weighted by molar-refractivity contribution is 0.445. The molecule has 2 rings (SSSR count). The molecule has 1 N–H and O–H groups in total. The van der Waals surface area contributed by atoms with E-state index in [0.29, 0.717) is 17.9 Å². The number of aryl methyl sites for hydroxylation is 1. The van der Waals surface area contributed by atoms with Gasteiger partial charge < -0.3 is 4.42 Å². The Morgan fingerprint density at radius 1 is 1.44 bits per heavy atom. The fourth-order valence-electron chi connectivity index (χ4n) is 2.12. The molecule has 1 unspecified atom stereocenters. The second-order valence-corrected chi connectivity index (χ2v) is 4.51. The summed E-state index contributed by atoms with van der Waals surface area (Å²) in [6, 6.07) is 3.23. The van der Waals surface area contributed by atoms with Crippen LogP contribution in [0.4, 0.5) is 4.39 Å². The molecule has 0 saturated heterocycles. The van der Waals surface area contributed by atoms with Gasteiger partial charge in [0, 0.05) is 6.42 Å². The normalized spacial score (nSPS) is 12.7. The van der Waals surface area contributed by atoms with E-state index in [4.69, 9.17) is 4.42 Å². The summed E-state index contributed by atoms with van der Waals surface area (Å²) in [5.74, 6) is -0.619. The van der Waals surface area contributed by atoms with Crippen LogP contribution in [0.5, 0.6) is 0 Å². The van der Waals surface area contributed by atoms with Gasteiger partial charge in [0.25, 0.3) is 0 Å². The SMILES string of the molecule is Cc1ccc(F)c(C(C)Cc2n[nH]c(=O)o2)c1C. The number of halogens is 1. The quantitative estimate of drug-likeness (QED) is 0.910. The lowest BCUT2D eigenvalue weighted by Crippen LogP contribution is -2.05. The Kier molecular flexibility index (Phi) is 3.32. The highest BCUT2D eigenvalue weighted by Crippen LogP contribution is 2.27. The van der Waals surface area contributed by atoms with E-state index in [1.165, 1.54) is 6.07 Å². The van der Waals surface area contributed by atoms with Crippen molar-refractivity contribution in [3.8, 4) is 0 Å². The molecule has 2 aromatic rings. The fraction of sp³-hybridized carbons (Fsp3) is 0.385. The number of benzene rings is 1. The molecule has 0 aliphatic heterocycles. The summed E-state index contributed by atoms with van der Waals surface area (Å²) in [6.07, 6.45) is 0.389. The Hall–Kier alpha value is -1.91. The summed E-state index contributed by atoms with van der Waals surface area (Å²) in [5, 5.41) is 5.94. The predicted octanol–water partition coefficient (Wildman–Crippen LogP) is 2.47. The first-order valence-corrected chi connectivity index (χ1v) is 5.79. The summed E-state index contributed by atoms with van der Waals surface area (Å²) >= 11 is 0. The van der Waals surface area contributed by atoms with Gasteiger partial charge in [0.15, 0.2) is 0 Å². The van der Waals surface area contributed by atoms with Crippen molar-refractivity contribution >= 4 is 0 Å². The van der Waals surface area contributed by atoms with Gasteiger partial charge in [-0.15, -0.1) is 5.10 Å². The number of rotatable bonds is 3. The predicted molar refractivity (Wildman–Crippen MR) is 65.1 cm³/mol. The van der Waals surface area contributed by atoms with Crippen molar-refractivity contribution in [2.45, 2.75) is 33.1 Å². The molecular formula is C13H15FN2O2. The van der Waals surface area contributed by atoms with Crippen LogP contribution in [0, 0.1) is 19.7 Å². The van der Waals surface area contributed by atoms with Gasteiger partial charge in [-0.3, -0.25) is 0 Å². The van der Waals surface area contributed by atoms with E-state index in [0.717, 1.165) is 11.1 Å². The van der Waals surface area contributed by atoms with Gasteiger partial charge in [0.2, 0.25) is 5.89 Å². The fourth-order valence-corrected chi connectivity index (χ4v) is 2.12. The molecule has 0 saturated carbocycles. The van der Waals surface area contributed by atoms with Crippen LogP contribution in [-0.2, 0) is 6.42 Å².